The van der Waals surface area contributed by atoms with Gasteiger partial charge in [0.2, 0.25) is 0 Å². The minimum Gasteiger partial charge on any atom is -0.380 e. The fourth-order valence-corrected chi connectivity index (χ4v) is 3.13. The first-order valence-electron chi connectivity index (χ1n) is 5.79. The molecule has 2 atom stereocenters. The summed E-state index contributed by atoms with van der Waals surface area (Å²) >= 11 is 0. The zero-order chi connectivity index (χ0) is 12.5. The van der Waals surface area contributed by atoms with E-state index in [1.54, 1.807) is 18.2 Å². The van der Waals surface area contributed by atoms with Crippen LogP contribution in [0.25, 0.3) is 0 Å². The molecule has 1 aromatic carbocycles. The van der Waals surface area contributed by atoms with Crippen molar-refractivity contribution in [1.82, 2.24) is 0 Å². The van der Waals surface area contributed by atoms with Crippen LogP contribution in [-0.2, 0) is 9.84 Å². The Balaban J connectivity index is 2.27. The van der Waals surface area contributed by atoms with E-state index in [2.05, 4.69) is 5.32 Å². The molecule has 1 aliphatic rings. The molecule has 0 bridgehead atoms. The van der Waals surface area contributed by atoms with Crippen molar-refractivity contribution in [1.29, 1.82) is 0 Å². The number of nitrogens with two attached hydrogens (primary N) is 1. The third-order valence-electron chi connectivity index (χ3n) is 3.20. The number of anilines is 1. The van der Waals surface area contributed by atoms with Crippen molar-refractivity contribution < 1.29 is 8.42 Å². The van der Waals surface area contributed by atoms with Crippen molar-refractivity contribution in [2.75, 3.05) is 11.6 Å². The van der Waals surface area contributed by atoms with Gasteiger partial charge in [0.05, 0.1) is 10.6 Å². The first kappa shape index (κ1) is 12.4. The number of nitrogens with one attached hydrogen (secondary N) is 1. The molecule has 2 rings (SSSR count). The fraction of sp³-hybridized carbons (Fsp3) is 0.500. The van der Waals surface area contributed by atoms with Gasteiger partial charge in [-0.05, 0) is 31.4 Å². The molecule has 0 spiro atoms. The zero-order valence-electron chi connectivity index (χ0n) is 9.89. The summed E-state index contributed by atoms with van der Waals surface area (Å²) < 4.78 is 23.3. The largest absolute Gasteiger partial charge is 0.380 e. The van der Waals surface area contributed by atoms with Crippen LogP contribution in [0.4, 0.5) is 5.69 Å². The van der Waals surface area contributed by atoms with Crippen molar-refractivity contribution >= 4 is 15.5 Å². The van der Waals surface area contributed by atoms with Gasteiger partial charge in [-0.2, -0.15) is 0 Å². The summed E-state index contributed by atoms with van der Waals surface area (Å²) in [6.45, 7) is 0. The molecule has 0 radical (unpaired) electrons. The minimum absolute atomic E-state index is 0.114. The smallest absolute Gasteiger partial charge is 0.177 e. The van der Waals surface area contributed by atoms with Crippen LogP contribution in [0.15, 0.2) is 29.2 Å². The SMILES string of the molecule is CS(=O)(=O)c1ccccc1NC1CCCC1N. The standard InChI is InChI=1S/C12H18N2O2S/c1-17(15,16)12-8-3-2-6-11(12)14-10-7-4-5-9(10)13/h2-3,6,8-10,14H,4-5,7,13H2,1H3. The van der Waals surface area contributed by atoms with Crippen LogP contribution in [0, 0.1) is 0 Å². The van der Waals surface area contributed by atoms with Crippen LogP contribution in [0.3, 0.4) is 0 Å². The minimum atomic E-state index is -3.20. The second kappa shape index (κ2) is 4.66. The fourth-order valence-electron chi connectivity index (χ4n) is 2.28. The number of para-hydroxylation sites is 1. The zero-order valence-corrected chi connectivity index (χ0v) is 10.7. The molecule has 1 fully saturated rings. The Bertz CT molecular complexity index is 499. The molecule has 0 heterocycles. The van der Waals surface area contributed by atoms with Gasteiger partial charge in [-0.25, -0.2) is 8.42 Å². The second-order valence-corrected chi connectivity index (χ2v) is 6.60. The molecule has 4 nitrogen and oxygen atoms in total. The number of hydrogen-bond donors (Lipinski definition) is 2. The van der Waals surface area contributed by atoms with Gasteiger partial charge in [0, 0.05) is 18.3 Å². The maximum Gasteiger partial charge on any atom is 0.177 e. The summed E-state index contributed by atoms with van der Waals surface area (Å²) in [6.07, 6.45) is 4.32. The summed E-state index contributed by atoms with van der Waals surface area (Å²) in [7, 11) is -3.20. The number of hydrogen-bond acceptors (Lipinski definition) is 4. The van der Waals surface area contributed by atoms with Gasteiger partial charge >= 0.3 is 0 Å². The molecule has 94 valence electrons. The normalized spacial score (nSPS) is 24.8. The van der Waals surface area contributed by atoms with Gasteiger partial charge in [-0.15, -0.1) is 0 Å². The summed E-state index contributed by atoms with van der Waals surface area (Å²) in [6, 6.07) is 7.27. The molecule has 17 heavy (non-hydrogen) atoms. The van der Waals surface area contributed by atoms with E-state index in [1.165, 1.54) is 6.26 Å². The monoisotopic (exact) mass is 254 g/mol. The van der Waals surface area contributed by atoms with E-state index in [-0.39, 0.29) is 12.1 Å². The van der Waals surface area contributed by atoms with Gasteiger partial charge in [0.25, 0.3) is 0 Å². The molecular formula is C12H18N2O2S. The van der Waals surface area contributed by atoms with E-state index >= 15 is 0 Å². The van der Waals surface area contributed by atoms with Crippen molar-refractivity contribution in [2.24, 2.45) is 5.73 Å². The van der Waals surface area contributed by atoms with Crippen molar-refractivity contribution in [3.8, 4) is 0 Å². The maximum absolute atomic E-state index is 11.6. The highest BCUT2D eigenvalue weighted by Crippen LogP contribution is 2.26. The van der Waals surface area contributed by atoms with Gasteiger partial charge in [-0.1, -0.05) is 12.1 Å². The maximum atomic E-state index is 11.6. The molecule has 5 heteroatoms. The van der Waals surface area contributed by atoms with Gasteiger partial charge < -0.3 is 11.1 Å². The molecule has 0 saturated heterocycles. The van der Waals surface area contributed by atoms with Crippen LogP contribution in [0.1, 0.15) is 19.3 Å². The van der Waals surface area contributed by atoms with E-state index in [0.29, 0.717) is 10.6 Å². The molecule has 3 N–H and O–H groups in total. The third-order valence-corrected chi connectivity index (χ3v) is 4.35. The van der Waals surface area contributed by atoms with Crippen LogP contribution < -0.4 is 11.1 Å². The van der Waals surface area contributed by atoms with E-state index in [0.717, 1.165) is 19.3 Å². The highest BCUT2D eigenvalue weighted by molar-refractivity contribution is 7.90. The number of sulfone groups is 1. The lowest BCUT2D eigenvalue weighted by atomic mass is 10.2. The number of benzene rings is 1. The lowest BCUT2D eigenvalue weighted by molar-refractivity contribution is 0.600. The topological polar surface area (TPSA) is 72.2 Å². The summed E-state index contributed by atoms with van der Waals surface area (Å²) in [5.41, 5.74) is 6.64. The Labute approximate surface area is 102 Å². The Morgan fingerprint density at radius 1 is 1.29 bits per heavy atom. The van der Waals surface area contributed by atoms with Crippen molar-refractivity contribution in [3.63, 3.8) is 0 Å². The molecular weight excluding hydrogens is 236 g/mol. The molecule has 0 amide bonds. The summed E-state index contributed by atoms with van der Waals surface area (Å²) in [5, 5.41) is 3.26. The average molecular weight is 254 g/mol. The number of rotatable bonds is 3. The first-order valence-corrected chi connectivity index (χ1v) is 7.69. The Morgan fingerprint density at radius 2 is 2.00 bits per heavy atom. The predicted octanol–water partition coefficient (Wildman–Crippen LogP) is 1.38. The van der Waals surface area contributed by atoms with E-state index in [4.69, 9.17) is 5.73 Å². The van der Waals surface area contributed by atoms with Crippen molar-refractivity contribution in [3.05, 3.63) is 24.3 Å². The van der Waals surface area contributed by atoms with Crippen molar-refractivity contribution in [2.45, 2.75) is 36.2 Å². The Morgan fingerprint density at radius 3 is 2.59 bits per heavy atom. The van der Waals surface area contributed by atoms with Crippen LogP contribution in [0.2, 0.25) is 0 Å². The van der Waals surface area contributed by atoms with Crippen LogP contribution in [0.5, 0.6) is 0 Å². The molecule has 1 saturated carbocycles. The Hall–Kier alpha value is -1.07. The van der Waals surface area contributed by atoms with E-state index in [9.17, 15) is 8.42 Å². The first-order chi connectivity index (χ1) is 7.98. The van der Waals surface area contributed by atoms with Gasteiger partial charge in [0.1, 0.15) is 0 Å². The Kier molecular flexibility index (Phi) is 3.40. The molecule has 1 aromatic rings. The van der Waals surface area contributed by atoms with E-state index in [1.807, 2.05) is 6.07 Å². The highest BCUT2D eigenvalue weighted by atomic mass is 32.2. The molecule has 1 aliphatic carbocycles. The molecule has 2 unspecified atom stereocenters. The lowest BCUT2D eigenvalue weighted by Crippen LogP contribution is -2.35. The summed E-state index contributed by atoms with van der Waals surface area (Å²) in [5.74, 6) is 0. The molecule has 0 aromatic heterocycles. The summed E-state index contributed by atoms with van der Waals surface area (Å²) in [4.78, 5) is 0.346. The highest BCUT2D eigenvalue weighted by Gasteiger charge is 2.25. The van der Waals surface area contributed by atoms with Crippen LogP contribution in [-0.4, -0.2) is 26.8 Å². The average Bonchev–Trinajstić information content (AvgIpc) is 2.64. The van der Waals surface area contributed by atoms with E-state index < -0.39 is 9.84 Å². The predicted molar refractivity (Wildman–Crippen MR) is 68.8 cm³/mol. The van der Waals surface area contributed by atoms with Gasteiger partial charge in [-0.3, -0.25) is 0 Å². The quantitative estimate of drug-likeness (QED) is 0.855. The lowest BCUT2D eigenvalue weighted by Gasteiger charge is -2.20. The van der Waals surface area contributed by atoms with Crippen LogP contribution >= 0.6 is 0 Å². The third kappa shape index (κ3) is 2.79. The van der Waals surface area contributed by atoms with Gasteiger partial charge in [0.15, 0.2) is 9.84 Å². The second-order valence-electron chi connectivity index (χ2n) is 4.61. The molecule has 0 aliphatic heterocycles.